The Morgan fingerprint density at radius 3 is 2.00 bits per heavy atom. The van der Waals surface area contributed by atoms with Crippen molar-refractivity contribution >= 4 is 17.5 Å². The Kier molecular flexibility index (Phi) is 10.5. The van der Waals surface area contributed by atoms with Gasteiger partial charge in [0, 0.05) is 44.2 Å². The second kappa shape index (κ2) is 14.3. The maximum Gasteiger partial charge on any atom is 0.418 e. The second-order valence-electron chi connectivity index (χ2n) is 12.9. The van der Waals surface area contributed by atoms with Crippen molar-refractivity contribution in [2.45, 2.75) is 63.0 Å². The molecule has 1 atom stereocenters. The summed E-state index contributed by atoms with van der Waals surface area (Å²) in [6, 6.07) is 10.1. The molecule has 3 N–H and O–H groups in total. The van der Waals surface area contributed by atoms with Gasteiger partial charge in [0.1, 0.15) is 0 Å². The van der Waals surface area contributed by atoms with Crippen molar-refractivity contribution in [3.8, 4) is 11.4 Å². The SMILES string of the molecule is CN(C)C1CCN(C(=O)[C@H](CC(=O)N2CCC(n3nc(-c4ccccc4)[nH]c3=O)CC2)Cc2cc(C(F)(F)F)c(N)c(C(F)(F)F)c2)CC1. The number of rotatable bonds is 8. The summed E-state index contributed by atoms with van der Waals surface area (Å²) in [6.45, 7) is 1.11. The molecule has 0 saturated carbocycles. The van der Waals surface area contributed by atoms with Crippen molar-refractivity contribution in [1.82, 2.24) is 29.5 Å². The molecule has 0 radical (unpaired) electrons. The van der Waals surface area contributed by atoms with E-state index in [1.165, 1.54) is 14.5 Å². The lowest BCUT2D eigenvalue weighted by atomic mass is 9.90. The minimum Gasteiger partial charge on any atom is -0.398 e. The van der Waals surface area contributed by atoms with Crippen LogP contribution in [-0.4, -0.2) is 87.6 Å². The van der Waals surface area contributed by atoms with Crippen LogP contribution in [0.4, 0.5) is 32.0 Å². The van der Waals surface area contributed by atoms with Crippen molar-refractivity contribution in [1.29, 1.82) is 0 Å². The Morgan fingerprint density at radius 1 is 0.918 bits per heavy atom. The second-order valence-corrected chi connectivity index (χ2v) is 12.9. The number of likely N-dealkylation sites (tertiary alicyclic amines) is 2. The molecule has 49 heavy (non-hydrogen) atoms. The van der Waals surface area contributed by atoms with E-state index in [4.69, 9.17) is 5.73 Å². The summed E-state index contributed by atoms with van der Waals surface area (Å²) in [5, 5.41) is 4.44. The van der Waals surface area contributed by atoms with Crippen LogP contribution in [0.1, 0.15) is 54.8 Å². The summed E-state index contributed by atoms with van der Waals surface area (Å²) in [4.78, 5) is 48.0. The van der Waals surface area contributed by atoms with E-state index < -0.39 is 71.0 Å². The molecule has 0 spiro atoms. The Bertz CT molecular complexity index is 1650. The molecular formula is C33H39F6N7O3. The van der Waals surface area contributed by atoms with E-state index in [-0.39, 0.29) is 25.2 Å². The molecule has 2 saturated heterocycles. The lowest BCUT2D eigenvalue weighted by Gasteiger charge is -2.37. The number of benzene rings is 2. The first-order valence-corrected chi connectivity index (χ1v) is 16.1. The number of piperidine rings is 2. The Balaban J connectivity index is 1.34. The van der Waals surface area contributed by atoms with E-state index in [1.807, 2.05) is 49.3 Å². The van der Waals surface area contributed by atoms with E-state index in [2.05, 4.69) is 10.1 Å². The van der Waals surface area contributed by atoms with Gasteiger partial charge >= 0.3 is 18.0 Å². The number of amides is 2. The molecule has 5 rings (SSSR count). The monoisotopic (exact) mass is 695 g/mol. The first-order valence-electron chi connectivity index (χ1n) is 16.1. The quantitative estimate of drug-likeness (QED) is 0.258. The summed E-state index contributed by atoms with van der Waals surface area (Å²) in [5.41, 5.74) is 0.545. The summed E-state index contributed by atoms with van der Waals surface area (Å²) in [6.07, 6.45) is -9.27. The molecule has 16 heteroatoms. The van der Waals surface area contributed by atoms with Crippen LogP contribution >= 0.6 is 0 Å². The molecule has 266 valence electrons. The largest absolute Gasteiger partial charge is 0.418 e. The van der Waals surface area contributed by atoms with E-state index in [1.54, 1.807) is 0 Å². The van der Waals surface area contributed by atoms with Crippen LogP contribution in [0, 0.1) is 5.92 Å². The number of carbonyl (C=O) groups excluding carboxylic acids is 2. The van der Waals surface area contributed by atoms with Gasteiger partial charge in [-0.2, -0.15) is 26.3 Å². The third-order valence-electron chi connectivity index (χ3n) is 9.46. The topological polar surface area (TPSA) is 121 Å². The standard InChI is InChI=1S/C33H39F6N7O3/c1-43(2)23-8-14-45(15-9-23)30(48)22(16-20-17-25(32(34,35)36)28(40)26(18-20)33(37,38)39)19-27(47)44-12-10-24(11-13-44)46-31(49)41-29(42-46)21-6-4-3-5-7-21/h3-7,17-18,22-24H,8-16,19,40H2,1-2H3,(H,41,42,49)/t22-/m0/s1. The maximum atomic E-state index is 13.8. The average Bonchev–Trinajstić information content (AvgIpc) is 3.45. The number of aromatic nitrogens is 3. The summed E-state index contributed by atoms with van der Waals surface area (Å²) < 4.78 is 84.1. The van der Waals surface area contributed by atoms with E-state index >= 15 is 0 Å². The maximum absolute atomic E-state index is 13.8. The molecule has 0 unspecified atom stereocenters. The molecule has 0 aliphatic carbocycles. The van der Waals surface area contributed by atoms with Crippen LogP contribution in [0.5, 0.6) is 0 Å². The van der Waals surface area contributed by atoms with Crippen molar-refractivity contribution in [3.05, 3.63) is 69.6 Å². The zero-order valence-corrected chi connectivity index (χ0v) is 27.2. The smallest absolute Gasteiger partial charge is 0.398 e. The number of nitrogen functional groups attached to an aromatic ring is 1. The first-order chi connectivity index (χ1) is 23.0. The highest BCUT2D eigenvalue weighted by Gasteiger charge is 2.41. The molecule has 3 aromatic rings. The highest BCUT2D eigenvalue weighted by atomic mass is 19.4. The number of H-pyrrole nitrogens is 1. The number of halogens is 6. The number of hydrogen-bond donors (Lipinski definition) is 2. The summed E-state index contributed by atoms with van der Waals surface area (Å²) in [7, 11) is 3.82. The minimum atomic E-state index is -5.17. The number of carbonyl (C=O) groups is 2. The number of nitrogens with one attached hydrogen (secondary N) is 1. The van der Waals surface area contributed by atoms with Gasteiger partial charge in [-0.05, 0) is 63.9 Å². The van der Waals surface area contributed by atoms with Crippen LogP contribution < -0.4 is 11.4 Å². The fraction of sp³-hybridized carbons (Fsp3) is 0.515. The average molecular weight is 696 g/mol. The normalized spacial score (nSPS) is 17.5. The number of anilines is 1. The molecule has 2 aliphatic rings. The van der Waals surface area contributed by atoms with E-state index in [9.17, 15) is 40.7 Å². The minimum absolute atomic E-state index is 0.206. The van der Waals surface area contributed by atoms with Gasteiger partial charge in [-0.3, -0.25) is 14.6 Å². The molecule has 2 fully saturated rings. The predicted octanol–water partition coefficient (Wildman–Crippen LogP) is 4.82. The van der Waals surface area contributed by atoms with Gasteiger partial charge in [-0.25, -0.2) is 9.48 Å². The third kappa shape index (κ3) is 8.28. The van der Waals surface area contributed by atoms with Crippen LogP contribution in [0.2, 0.25) is 0 Å². The number of nitrogens with zero attached hydrogens (tertiary/aromatic N) is 5. The third-order valence-corrected chi connectivity index (χ3v) is 9.46. The van der Waals surface area contributed by atoms with Gasteiger partial charge in [0.25, 0.3) is 0 Å². The van der Waals surface area contributed by atoms with Gasteiger partial charge in [0.2, 0.25) is 11.8 Å². The summed E-state index contributed by atoms with van der Waals surface area (Å²) in [5.74, 6) is -1.77. The number of alkyl halides is 6. The molecule has 2 aliphatic heterocycles. The zero-order chi connectivity index (χ0) is 35.7. The summed E-state index contributed by atoms with van der Waals surface area (Å²) >= 11 is 0. The molecule has 10 nitrogen and oxygen atoms in total. The molecule has 1 aromatic heterocycles. The number of hydrogen-bond acceptors (Lipinski definition) is 6. The molecular weight excluding hydrogens is 656 g/mol. The van der Waals surface area contributed by atoms with Crippen LogP contribution in [0.25, 0.3) is 11.4 Å². The van der Waals surface area contributed by atoms with Crippen LogP contribution in [-0.2, 0) is 28.4 Å². The van der Waals surface area contributed by atoms with Crippen LogP contribution in [0.15, 0.2) is 47.3 Å². The van der Waals surface area contributed by atoms with Gasteiger partial charge < -0.3 is 20.4 Å². The van der Waals surface area contributed by atoms with Gasteiger partial charge in [0.15, 0.2) is 5.82 Å². The van der Waals surface area contributed by atoms with Crippen molar-refractivity contribution in [2.75, 3.05) is 46.0 Å². The first kappa shape index (κ1) is 36.0. The van der Waals surface area contributed by atoms with Crippen molar-refractivity contribution in [3.63, 3.8) is 0 Å². The highest BCUT2D eigenvalue weighted by Crippen LogP contribution is 2.42. The van der Waals surface area contributed by atoms with Crippen LogP contribution in [0.3, 0.4) is 0 Å². The molecule has 0 bridgehead atoms. The zero-order valence-electron chi connectivity index (χ0n) is 27.2. The fourth-order valence-corrected chi connectivity index (χ4v) is 6.70. The van der Waals surface area contributed by atoms with Gasteiger partial charge in [0.05, 0.1) is 28.8 Å². The van der Waals surface area contributed by atoms with Crippen molar-refractivity contribution < 1.29 is 35.9 Å². The Morgan fingerprint density at radius 2 is 1.47 bits per heavy atom. The molecule has 2 amide bonds. The Labute approximate surface area is 278 Å². The van der Waals surface area contributed by atoms with Crippen molar-refractivity contribution in [2.24, 2.45) is 5.92 Å². The lowest BCUT2D eigenvalue weighted by molar-refractivity contribution is -0.143. The van der Waals surface area contributed by atoms with E-state index in [0.29, 0.717) is 56.7 Å². The fourth-order valence-electron chi connectivity index (χ4n) is 6.70. The highest BCUT2D eigenvalue weighted by molar-refractivity contribution is 5.86. The molecule has 3 heterocycles. The Hall–Kier alpha value is -4.34. The molecule has 2 aromatic carbocycles. The number of aromatic amines is 1. The van der Waals surface area contributed by atoms with Gasteiger partial charge in [-0.1, -0.05) is 30.3 Å². The lowest BCUT2D eigenvalue weighted by Crippen LogP contribution is -2.48. The predicted molar refractivity (Wildman–Crippen MR) is 169 cm³/mol. The van der Waals surface area contributed by atoms with Gasteiger partial charge in [-0.15, -0.1) is 5.10 Å². The van der Waals surface area contributed by atoms with E-state index in [0.717, 1.165) is 5.56 Å². The number of nitrogens with two attached hydrogens (primary N) is 1.